The average Bonchev–Trinajstić information content (AvgIpc) is 2.34. The average molecular weight is 241 g/mol. The quantitative estimate of drug-likeness (QED) is 0.753. The normalized spacial score (nSPS) is 19.8. The van der Waals surface area contributed by atoms with E-state index in [2.05, 4.69) is 18.0 Å². The number of carbonyl (C=O) groups is 1. The van der Waals surface area contributed by atoms with Crippen molar-refractivity contribution in [2.24, 2.45) is 0 Å². The molecule has 0 aromatic heterocycles. The molecule has 0 amide bonds. The highest BCUT2D eigenvalue weighted by Gasteiger charge is 2.24. The Hall–Kier alpha value is -1.25. The third-order valence-corrected chi connectivity index (χ3v) is 2.45. The van der Waals surface area contributed by atoms with Crippen LogP contribution in [0.15, 0.2) is 12.4 Å². The highest BCUT2D eigenvalue weighted by Crippen LogP contribution is 2.08. The molecule has 0 radical (unpaired) electrons. The molecule has 1 rings (SSSR count). The first kappa shape index (κ1) is 15.8. The fourth-order valence-electron chi connectivity index (χ4n) is 1.59. The fourth-order valence-corrected chi connectivity index (χ4v) is 1.59. The minimum Gasteiger partial charge on any atom is -0.314 e. The van der Waals surface area contributed by atoms with Crippen molar-refractivity contribution >= 4 is 5.78 Å². The Balaban J connectivity index is 0.00000121. The molecule has 0 saturated carbocycles. The molecule has 0 aliphatic carbocycles. The smallest absolute Gasteiger partial charge is 0.204 e. The van der Waals surface area contributed by atoms with E-state index in [0.29, 0.717) is 19.5 Å². The minimum atomic E-state index is -0.913. The summed E-state index contributed by atoms with van der Waals surface area (Å²) in [5.41, 5.74) is 0. The molecule has 1 saturated heterocycles. The lowest BCUT2D eigenvalue weighted by Gasteiger charge is -2.34. The molecule has 1 unspecified atom stereocenters. The van der Waals surface area contributed by atoms with Gasteiger partial charge in [-0.15, -0.1) is 0 Å². The minimum absolute atomic E-state index is 0.00736. The third-order valence-electron chi connectivity index (χ3n) is 2.45. The summed E-state index contributed by atoms with van der Waals surface area (Å²) in [6.45, 7) is 9.07. The first-order chi connectivity index (χ1) is 8.15. The van der Waals surface area contributed by atoms with E-state index in [-0.39, 0.29) is 12.6 Å². The van der Waals surface area contributed by atoms with E-state index in [0.717, 1.165) is 6.54 Å². The van der Waals surface area contributed by atoms with Crippen molar-refractivity contribution < 1.29 is 9.18 Å². The van der Waals surface area contributed by atoms with Crippen molar-refractivity contribution in [3.63, 3.8) is 0 Å². The van der Waals surface area contributed by atoms with E-state index in [9.17, 15) is 9.18 Å². The Morgan fingerprint density at radius 1 is 1.65 bits per heavy atom. The van der Waals surface area contributed by atoms with Crippen molar-refractivity contribution in [3.05, 3.63) is 12.4 Å². The summed E-state index contributed by atoms with van der Waals surface area (Å²) >= 11 is 0. The van der Waals surface area contributed by atoms with Gasteiger partial charge in [0.2, 0.25) is 5.78 Å². The predicted octanol–water partition coefficient (Wildman–Crippen LogP) is 1.25. The fraction of sp³-hybridized carbons (Fsp3) is 0.667. The zero-order chi connectivity index (χ0) is 13.3. The number of nitrogens with one attached hydrogen (secondary N) is 1. The van der Waals surface area contributed by atoms with Crippen molar-refractivity contribution in [1.29, 1.82) is 5.26 Å². The summed E-state index contributed by atoms with van der Waals surface area (Å²) in [5.74, 6) is -1.51. The van der Waals surface area contributed by atoms with Gasteiger partial charge in [-0.3, -0.25) is 9.69 Å². The van der Waals surface area contributed by atoms with Crippen LogP contribution < -0.4 is 5.32 Å². The van der Waals surface area contributed by atoms with Gasteiger partial charge in [0.15, 0.2) is 5.83 Å². The van der Waals surface area contributed by atoms with Crippen LogP contribution in [0.4, 0.5) is 4.39 Å². The zero-order valence-electron chi connectivity index (χ0n) is 10.5. The number of carbonyl (C=O) groups excluding carboxylic acids is 1. The van der Waals surface area contributed by atoms with Gasteiger partial charge in [0.1, 0.15) is 0 Å². The van der Waals surface area contributed by atoms with Crippen LogP contribution in [0.2, 0.25) is 0 Å². The molecule has 5 heteroatoms. The second-order valence-electron chi connectivity index (χ2n) is 3.52. The van der Waals surface area contributed by atoms with Gasteiger partial charge in [0, 0.05) is 25.7 Å². The highest BCUT2D eigenvalue weighted by atomic mass is 19.1. The zero-order valence-corrected chi connectivity index (χ0v) is 10.5. The SMILES string of the molecule is C=C(F)C(=O)CN1CCNCC1CC#N.CC. The monoisotopic (exact) mass is 241 g/mol. The lowest BCUT2D eigenvalue weighted by molar-refractivity contribution is -0.118. The van der Waals surface area contributed by atoms with Gasteiger partial charge in [-0.05, 0) is 0 Å². The topological polar surface area (TPSA) is 56.1 Å². The van der Waals surface area contributed by atoms with Crippen molar-refractivity contribution in [3.8, 4) is 6.07 Å². The first-order valence-corrected chi connectivity index (χ1v) is 5.84. The molecular weight excluding hydrogens is 221 g/mol. The Morgan fingerprint density at radius 3 is 2.82 bits per heavy atom. The van der Waals surface area contributed by atoms with E-state index >= 15 is 0 Å². The number of nitrogens with zero attached hydrogens (tertiary/aromatic N) is 2. The molecule has 1 aliphatic rings. The Bertz CT molecular complexity index is 299. The second-order valence-corrected chi connectivity index (χ2v) is 3.52. The second kappa shape index (κ2) is 8.85. The summed E-state index contributed by atoms with van der Waals surface area (Å²) < 4.78 is 12.5. The Kier molecular flexibility index (Phi) is 8.20. The van der Waals surface area contributed by atoms with E-state index in [1.165, 1.54) is 0 Å². The summed E-state index contributed by atoms with van der Waals surface area (Å²) in [6, 6.07) is 2.05. The van der Waals surface area contributed by atoms with Crippen LogP contribution in [-0.2, 0) is 4.79 Å². The number of Topliss-reactive ketones (excluding diaryl/α,β-unsaturated/α-hetero) is 1. The number of hydrogen-bond acceptors (Lipinski definition) is 4. The molecule has 1 atom stereocenters. The van der Waals surface area contributed by atoms with Crippen LogP contribution in [0.25, 0.3) is 0 Å². The predicted molar refractivity (Wildman–Crippen MR) is 65.1 cm³/mol. The molecule has 0 bridgehead atoms. The molecule has 1 heterocycles. The van der Waals surface area contributed by atoms with Crippen LogP contribution in [0, 0.1) is 11.3 Å². The number of halogens is 1. The van der Waals surface area contributed by atoms with Gasteiger partial charge in [-0.2, -0.15) is 5.26 Å². The number of nitriles is 1. The molecule has 17 heavy (non-hydrogen) atoms. The van der Waals surface area contributed by atoms with Crippen LogP contribution >= 0.6 is 0 Å². The number of hydrogen-bond donors (Lipinski definition) is 1. The Morgan fingerprint density at radius 2 is 2.29 bits per heavy atom. The van der Waals surface area contributed by atoms with E-state index in [1.54, 1.807) is 0 Å². The summed E-state index contributed by atoms with van der Waals surface area (Å²) in [7, 11) is 0. The maximum atomic E-state index is 12.5. The van der Waals surface area contributed by atoms with E-state index in [4.69, 9.17) is 5.26 Å². The summed E-state index contributed by atoms with van der Waals surface area (Å²) in [4.78, 5) is 13.0. The highest BCUT2D eigenvalue weighted by molar-refractivity contribution is 5.94. The maximum absolute atomic E-state index is 12.5. The van der Waals surface area contributed by atoms with Crippen molar-refractivity contribution in [2.45, 2.75) is 26.3 Å². The van der Waals surface area contributed by atoms with Gasteiger partial charge in [0.05, 0.1) is 19.0 Å². The molecule has 96 valence electrons. The summed E-state index contributed by atoms with van der Waals surface area (Å²) in [6.07, 6.45) is 0.346. The van der Waals surface area contributed by atoms with Crippen molar-refractivity contribution in [2.75, 3.05) is 26.2 Å². The molecule has 0 aromatic rings. The standard InChI is InChI=1S/C10H14FN3O.C2H6/c1-8(11)10(15)7-14-5-4-13-6-9(14)2-3-12;1-2/h9,13H,1-2,4-7H2;1-2H3. The number of piperazine rings is 1. The first-order valence-electron chi connectivity index (χ1n) is 5.84. The molecule has 1 N–H and O–H groups in total. The van der Waals surface area contributed by atoms with Gasteiger partial charge >= 0.3 is 0 Å². The Labute approximate surface area is 102 Å². The lowest BCUT2D eigenvalue weighted by Crippen LogP contribution is -2.52. The van der Waals surface area contributed by atoms with E-state index in [1.807, 2.05) is 18.7 Å². The van der Waals surface area contributed by atoms with Crippen LogP contribution in [0.3, 0.4) is 0 Å². The van der Waals surface area contributed by atoms with Crippen LogP contribution in [0.5, 0.6) is 0 Å². The van der Waals surface area contributed by atoms with Gasteiger partial charge in [-0.25, -0.2) is 4.39 Å². The van der Waals surface area contributed by atoms with Crippen LogP contribution in [0.1, 0.15) is 20.3 Å². The third kappa shape index (κ3) is 5.57. The molecular formula is C12H20FN3O. The molecule has 0 spiro atoms. The lowest BCUT2D eigenvalue weighted by atomic mass is 10.1. The van der Waals surface area contributed by atoms with Gasteiger partial charge < -0.3 is 5.32 Å². The molecule has 1 aliphatic heterocycles. The largest absolute Gasteiger partial charge is 0.314 e. The van der Waals surface area contributed by atoms with Crippen LogP contribution in [-0.4, -0.2) is 42.9 Å². The molecule has 1 fully saturated rings. The molecule has 4 nitrogen and oxygen atoms in total. The number of rotatable bonds is 4. The van der Waals surface area contributed by atoms with Gasteiger partial charge in [0.25, 0.3) is 0 Å². The van der Waals surface area contributed by atoms with Crippen molar-refractivity contribution in [1.82, 2.24) is 10.2 Å². The number of ketones is 1. The maximum Gasteiger partial charge on any atom is 0.204 e. The summed E-state index contributed by atoms with van der Waals surface area (Å²) in [5, 5.41) is 11.7. The molecule has 0 aromatic carbocycles. The van der Waals surface area contributed by atoms with E-state index < -0.39 is 11.6 Å². The van der Waals surface area contributed by atoms with Gasteiger partial charge in [-0.1, -0.05) is 20.4 Å².